The summed E-state index contributed by atoms with van der Waals surface area (Å²) in [6, 6.07) is 3.32. The normalized spacial score (nSPS) is 12.4. The van der Waals surface area contributed by atoms with E-state index in [-0.39, 0.29) is 17.8 Å². The van der Waals surface area contributed by atoms with Gasteiger partial charge in [0.15, 0.2) is 5.78 Å². The Morgan fingerprint density at radius 3 is 2.95 bits per heavy atom. The average molecular weight is 261 g/mol. The van der Waals surface area contributed by atoms with Gasteiger partial charge in [-0.25, -0.2) is 4.39 Å². The number of carbonyl (C=O) groups excluding carboxylic acids is 1. The third kappa shape index (κ3) is 3.24. The van der Waals surface area contributed by atoms with Crippen molar-refractivity contribution in [1.29, 1.82) is 0 Å². The number of hydrogen-bond acceptors (Lipinski definition) is 3. The second-order valence-electron chi connectivity index (χ2n) is 4.54. The zero-order chi connectivity index (χ0) is 13.8. The Morgan fingerprint density at radius 2 is 2.26 bits per heavy atom. The van der Waals surface area contributed by atoms with Crippen LogP contribution in [0.15, 0.2) is 30.7 Å². The van der Waals surface area contributed by atoms with Crippen molar-refractivity contribution in [3.8, 4) is 0 Å². The molecular weight excluding hydrogens is 245 g/mol. The van der Waals surface area contributed by atoms with Gasteiger partial charge in [-0.2, -0.15) is 5.10 Å². The van der Waals surface area contributed by atoms with Crippen LogP contribution in [0.2, 0.25) is 0 Å². The van der Waals surface area contributed by atoms with Crippen molar-refractivity contribution >= 4 is 5.78 Å². The molecule has 2 heterocycles. The van der Waals surface area contributed by atoms with E-state index in [1.807, 2.05) is 16.9 Å². The van der Waals surface area contributed by atoms with Gasteiger partial charge in [-0.05, 0) is 25.5 Å². The first-order valence-corrected chi connectivity index (χ1v) is 6.28. The van der Waals surface area contributed by atoms with Gasteiger partial charge in [-0.1, -0.05) is 6.92 Å². The van der Waals surface area contributed by atoms with Crippen LogP contribution in [0.5, 0.6) is 0 Å². The average Bonchev–Trinajstić information content (AvgIpc) is 2.86. The van der Waals surface area contributed by atoms with Crippen molar-refractivity contribution in [1.82, 2.24) is 14.8 Å². The molecule has 1 atom stereocenters. The lowest BCUT2D eigenvalue weighted by Gasteiger charge is -2.07. The number of aromatic nitrogens is 3. The molecule has 0 amide bonds. The van der Waals surface area contributed by atoms with E-state index in [0.29, 0.717) is 11.7 Å². The molecule has 4 nitrogen and oxygen atoms in total. The second kappa shape index (κ2) is 5.73. The summed E-state index contributed by atoms with van der Waals surface area (Å²) in [5.74, 6) is -0.683. The van der Waals surface area contributed by atoms with E-state index in [1.54, 1.807) is 0 Å². The van der Waals surface area contributed by atoms with Crippen LogP contribution in [-0.4, -0.2) is 20.5 Å². The minimum absolute atomic E-state index is 0.161. The highest BCUT2D eigenvalue weighted by molar-refractivity contribution is 5.96. The number of halogens is 1. The fourth-order valence-electron chi connectivity index (χ4n) is 1.74. The number of ketones is 1. The minimum atomic E-state index is -0.504. The fourth-order valence-corrected chi connectivity index (χ4v) is 1.74. The molecule has 0 aliphatic heterocycles. The molecule has 2 aromatic heterocycles. The van der Waals surface area contributed by atoms with E-state index in [0.717, 1.165) is 12.6 Å². The van der Waals surface area contributed by atoms with Gasteiger partial charge in [-0.3, -0.25) is 14.5 Å². The largest absolute Gasteiger partial charge is 0.294 e. The number of pyridine rings is 1. The number of hydrogen-bond donors (Lipinski definition) is 0. The summed E-state index contributed by atoms with van der Waals surface area (Å²) in [5.41, 5.74) is 0.965. The van der Waals surface area contributed by atoms with Gasteiger partial charge in [0, 0.05) is 24.0 Å². The lowest BCUT2D eigenvalue weighted by molar-refractivity contribution is 0.0991. The van der Waals surface area contributed by atoms with E-state index in [4.69, 9.17) is 0 Å². The van der Waals surface area contributed by atoms with Gasteiger partial charge in [0.1, 0.15) is 5.82 Å². The summed E-state index contributed by atoms with van der Waals surface area (Å²) in [6.45, 7) is 4.14. The molecule has 0 aromatic carbocycles. The van der Waals surface area contributed by atoms with Crippen molar-refractivity contribution in [2.75, 3.05) is 0 Å². The summed E-state index contributed by atoms with van der Waals surface area (Å²) < 4.78 is 14.8. The van der Waals surface area contributed by atoms with Crippen molar-refractivity contribution in [2.45, 2.75) is 32.7 Å². The first-order valence-electron chi connectivity index (χ1n) is 6.28. The topological polar surface area (TPSA) is 47.8 Å². The first kappa shape index (κ1) is 13.4. The van der Waals surface area contributed by atoms with E-state index < -0.39 is 5.82 Å². The van der Waals surface area contributed by atoms with E-state index in [9.17, 15) is 9.18 Å². The molecular formula is C14H16FN3O. The second-order valence-corrected chi connectivity index (χ2v) is 4.54. The molecule has 0 saturated carbocycles. The highest BCUT2D eigenvalue weighted by Crippen LogP contribution is 2.11. The van der Waals surface area contributed by atoms with Crippen molar-refractivity contribution in [2.24, 2.45) is 0 Å². The molecule has 0 fully saturated rings. The SMILES string of the molecule is CCC(C)n1ccc(CC(=O)c2cncc(F)c2)n1. The maximum absolute atomic E-state index is 13.0. The highest BCUT2D eigenvalue weighted by atomic mass is 19.1. The van der Waals surface area contributed by atoms with Gasteiger partial charge in [0.25, 0.3) is 0 Å². The molecule has 0 radical (unpaired) electrons. The Bertz CT molecular complexity index is 580. The molecule has 2 aromatic rings. The number of nitrogens with zero attached hydrogens (tertiary/aromatic N) is 3. The number of rotatable bonds is 5. The number of Topliss-reactive ketones (excluding diaryl/α,β-unsaturated/α-hetero) is 1. The highest BCUT2D eigenvalue weighted by Gasteiger charge is 2.11. The molecule has 0 spiro atoms. The van der Waals surface area contributed by atoms with Crippen LogP contribution in [0, 0.1) is 5.82 Å². The van der Waals surface area contributed by atoms with Crippen molar-refractivity contribution < 1.29 is 9.18 Å². The standard InChI is InChI=1S/C14H16FN3O/c1-3-10(2)18-5-4-13(17-18)7-14(19)11-6-12(15)9-16-8-11/h4-6,8-10H,3,7H2,1-2H3. The minimum Gasteiger partial charge on any atom is -0.294 e. The number of carbonyl (C=O) groups is 1. The summed E-state index contributed by atoms with van der Waals surface area (Å²) in [6.07, 6.45) is 5.45. The molecule has 0 aliphatic rings. The van der Waals surface area contributed by atoms with Gasteiger partial charge in [0.05, 0.1) is 18.3 Å². The van der Waals surface area contributed by atoms with Crippen molar-refractivity contribution in [3.63, 3.8) is 0 Å². The van der Waals surface area contributed by atoms with Gasteiger partial charge >= 0.3 is 0 Å². The lowest BCUT2D eigenvalue weighted by atomic mass is 10.1. The predicted molar refractivity (Wildman–Crippen MR) is 69.5 cm³/mol. The van der Waals surface area contributed by atoms with Gasteiger partial charge in [0.2, 0.25) is 0 Å². The Hall–Kier alpha value is -2.04. The molecule has 0 N–H and O–H groups in total. The fraction of sp³-hybridized carbons (Fsp3) is 0.357. The van der Waals surface area contributed by atoms with E-state index in [1.165, 1.54) is 12.3 Å². The summed E-state index contributed by atoms with van der Waals surface area (Å²) >= 11 is 0. The van der Waals surface area contributed by atoms with Crippen LogP contribution in [0.3, 0.4) is 0 Å². The Kier molecular flexibility index (Phi) is 4.04. The summed E-state index contributed by atoms with van der Waals surface area (Å²) in [4.78, 5) is 15.6. The van der Waals surface area contributed by atoms with Crippen LogP contribution < -0.4 is 0 Å². The summed E-state index contributed by atoms with van der Waals surface area (Å²) in [5, 5.41) is 4.35. The molecule has 100 valence electrons. The predicted octanol–water partition coefficient (Wildman–Crippen LogP) is 2.81. The van der Waals surface area contributed by atoms with Crippen LogP contribution in [0.4, 0.5) is 4.39 Å². The molecule has 19 heavy (non-hydrogen) atoms. The molecule has 1 unspecified atom stereocenters. The van der Waals surface area contributed by atoms with Gasteiger partial charge < -0.3 is 0 Å². The Morgan fingerprint density at radius 1 is 1.47 bits per heavy atom. The molecule has 0 bridgehead atoms. The Balaban J connectivity index is 2.09. The Labute approximate surface area is 111 Å². The monoisotopic (exact) mass is 261 g/mol. The maximum Gasteiger partial charge on any atom is 0.170 e. The maximum atomic E-state index is 13.0. The van der Waals surface area contributed by atoms with Crippen LogP contribution in [-0.2, 0) is 6.42 Å². The third-order valence-electron chi connectivity index (χ3n) is 3.07. The zero-order valence-electron chi connectivity index (χ0n) is 11.0. The lowest BCUT2D eigenvalue weighted by Crippen LogP contribution is -2.08. The molecule has 0 saturated heterocycles. The van der Waals surface area contributed by atoms with Gasteiger partial charge in [-0.15, -0.1) is 0 Å². The molecule has 5 heteroatoms. The molecule has 0 aliphatic carbocycles. The van der Waals surface area contributed by atoms with Crippen molar-refractivity contribution in [3.05, 3.63) is 47.8 Å². The smallest absolute Gasteiger partial charge is 0.170 e. The van der Waals surface area contributed by atoms with Crippen LogP contribution in [0.1, 0.15) is 42.4 Å². The molecule has 2 rings (SSSR count). The zero-order valence-corrected chi connectivity index (χ0v) is 11.0. The van der Waals surface area contributed by atoms with Crippen LogP contribution >= 0.6 is 0 Å². The third-order valence-corrected chi connectivity index (χ3v) is 3.07. The quantitative estimate of drug-likeness (QED) is 0.777. The van der Waals surface area contributed by atoms with Crippen LogP contribution in [0.25, 0.3) is 0 Å². The van der Waals surface area contributed by atoms with E-state index >= 15 is 0 Å². The summed E-state index contributed by atoms with van der Waals surface area (Å²) in [7, 11) is 0. The first-order chi connectivity index (χ1) is 9.10. The van der Waals surface area contributed by atoms with E-state index in [2.05, 4.69) is 23.9 Å².